The molecule has 0 aliphatic heterocycles. The molecule has 1 N–H and O–H groups in total. The third-order valence-corrected chi connectivity index (χ3v) is 5.38. The number of fused-ring (bicyclic) bond motifs is 1. The van der Waals surface area contributed by atoms with Gasteiger partial charge in [0.05, 0.1) is 16.2 Å². The summed E-state index contributed by atoms with van der Waals surface area (Å²) in [5.74, 6) is 0.926. The van der Waals surface area contributed by atoms with Crippen molar-refractivity contribution in [1.29, 1.82) is 0 Å². The molecule has 0 aliphatic carbocycles. The predicted octanol–water partition coefficient (Wildman–Crippen LogP) is 3.71. The molecule has 0 saturated heterocycles. The van der Waals surface area contributed by atoms with Crippen LogP contribution in [0.2, 0.25) is 0 Å². The number of aromatic amines is 1. The molecule has 4 rings (SSSR count). The number of hydrogen-bond donors (Lipinski definition) is 1. The third kappa shape index (κ3) is 3.35. The topological polar surface area (TPSA) is 76.5 Å². The molecule has 2 aromatic heterocycles. The lowest BCUT2D eigenvalue weighted by Crippen LogP contribution is -2.13. The number of benzene rings is 2. The largest absolute Gasteiger partial charge is 0.309 e. The first-order chi connectivity index (χ1) is 13.0. The maximum absolute atomic E-state index is 13.1. The fourth-order valence-electron chi connectivity index (χ4n) is 2.78. The average Bonchev–Trinajstić information content (AvgIpc) is 3.03. The lowest BCUT2D eigenvalue weighted by Gasteiger charge is -2.11. The molecule has 0 spiro atoms. The summed E-state index contributed by atoms with van der Waals surface area (Å²) in [5, 5.41) is 9.55. The number of aromatic nitrogens is 5. The highest BCUT2D eigenvalue weighted by molar-refractivity contribution is 7.99. The summed E-state index contributed by atoms with van der Waals surface area (Å²) >= 11 is 1.44. The number of halogens is 1. The van der Waals surface area contributed by atoms with E-state index in [1.165, 1.54) is 23.9 Å². The van der Waals surface area contributed by atoms with Crippen LogP contribution < -0.4 is 5.56 Å². The molecule has 0 fully saturated rings. The first-order valence-electron chi connectivity index (χ1n) is 8.34. The van der Waals surface area contributed by atoms with Gasteiger partial charge in [0.2, 0.25) is 0 Å². The quantitative estimate of drug-likeness (QED) is 0.545. The smallest absolute Gasteiger partial charge is 0.258 e. The molecule has 0 bridgehead atoms. The molecule has 2 aromatic carbocycles. The Balaban J connectivity index is 1.63. The van der Waals surface area contributed by atoms with Crippen molar-refractivity contribution in [2.75, 3.05) is 0 Å². The van der Waals surface area contributed by atoms with Gasteiger partial charge in [-0.3, -0.25) is 4.79 Å². The van der Waals surface area contributed by atoms with Gasteiger partial charge in [0, 0.05) is 12.6 Å². The van der Waals surface area contributed by atoms with Crippen LogP contribution in [0.1, 0.15) is 18.0 Å². The number of para-hydroxylation sites is 1. The van der Waals surface area contributed by atoms with E-state index >= 15 is 0 Å². The number of nitrogens with one attached hydrogen (secondary N) is 1. The Morgan fingerprint density at radius 1 is 1.11 bits per heavy atom. The van der Waals surface area contributed by atoms with Gasteiger partial charge in [0.1, 0.15) is 11.6 Å². The minimum Gasteiger partial charge on any atom is -0.309 e. The SMILES string of the molecule is C[C@@H](Sc1nnc(-c2ccc(F)cc2)n1C)c1nc2ccccc2c(=O)[nH]1. The maximum Gasteiger partial charge on any atom is 0.258 e. The Labute approximate surface area is 158 Å². The maximum atomic E-state index is 13.1. The summed E-state index contributed by atoms with van der Waals surface area (Å²) in [5.41, 5.74) is 1.28. The van der Waals surface area contributed by atoms with Crippen molar-refractivity contribution in [2.45, 2.75) is 17.3 Å². The lowest BCUT2D eigenvalue weighted by molar-refractivity contribution is 0.628. The van der Waals surface area contributed by atoms with Crippen LogP contribution in [0.15, 0.2) is 58.5 Å². The third-order valence-electron chi connectivity index (χ3n) is 4.24. The normalized spacial score (nSPS) is 12.4. The fourth-order valence-corrected chi connectivity index (χ4v) is 3.65. The fraction of sp³-hybridized carbons (Fsp3) is 0.158. The Kier molecular flexibility index (Phi) is 4.49. The molecule has 8 heteroatoms. The molecule has 0 unspecified atom stereocenters. The Morgan fingerprint density at radius 3 is 2.63 bits per heavy atom. The number of H-pyrrole nitrogens is 1. The molecule has 2 heterocycles. The van der Waals surface area contributed by atoms with Gasteiger partial charge in [-0.2, -0.15) is 0 Å². The van der Waals surface area contributed by atoms with Crippen LogP contribution in [-0.2, 0) is 7.05 Å². The van der Waals surface area contributed by atoms with E-state index in [4.69, 9.17) is 0 Å². The highest BCUT2D eigenvalue weighted by Gasteiger charge is 2.18. The monoisotopic (exact) mass is 381 g/mol. The van der Waals surface area contributed by atoms with E-state index in [2.05, 4.69) is 20.2 Å². The standard InChI is InChI=1S/C19H16FN5OS/c1-11(16-21-15-6-4-3-5-14(15)18(26)22-16)27-19-24-23-17(25(19)2)12-7-9-13(20)10-8-12/h3-11H,1-2H3,(H,21,22,26)/t11-/m1/s1. The summed E-state index contributed by atoms with van der Waals surface area (Å²) in [4.78, 5) is 19.7. The number of thioether (sulfide) groups is 1. The Hall–Kier alpha value is -3.00. The van der Waals surface area contributed by atoms with E-state index < -0.39 is 0 Å². The van der Waals surface area contributed by atoms with Crippen LogP contribution >= 0.6 is 11.8 Å². The number of nitrogens with zero attached hydrogens (tertiary/aromatic N) is 4. The van der Waals surface area contributed by atoms with Gasteiger partial charge in [-0.25, -0.2) is 9.37 Å². The van der Waals surface area contributed by atoms with E-state index in [1.54, 1.807) is 18.2 Å². The second kappa shape index (κ2) is 6.96. The van der Waals surface area contributed by atoms with Gasteiger partial charge >= 0.3 is 0 Å². The lowest BCUT2D eigenvalue weighted by atomic mass is 10.2. The summed E-state index contributed by atoms with van der Waals surface area (Å²) in [6.07, 6.45) is 0. The molecule has 1 atom stereocenters. The van der Waals surface area contributed by atoms with Crippen LogP contribution in [-0.4, -0.2) is 24.7 Å². The molecule has 136 valence electrons. The van der Waals surface area contributed by atoms with Gasteiger partial charge < -0.3 is 9.55 Å². The second-order valence-electron chi connectivity index (χ2n) is 6.10. The summed E-state index contributed by atoms with van der Waals surface area (Å²) < 4.78 is 15.0. The van der Waals surface area contributed by atoms with E-state index in [9.17, 15) is 9.18 Å². The van der Waals surface area contributed by atoms with Crippen molar-refractivity contribution in [3.05, 3.63) is 70.5 Å². The Bertz CT molecular complexity index is 1170. The van der Waals surface area contributed by atoms with Crippen molar-refractivity contribution in [3.63, 3.8) is 0 Å². The molecular weight excluding hydrogens is 365 g/mol. The molecule has 0 aliphatic rings. The average molecular weight is 381 g/mol. The molecule has 0 saturated carbocycles. The van der Waals surface area contributed by atoms with E-state index in [0.29, 0.717) is 27.7 Å². The zero-order valence-corrected chi connectivity index (χ0v) is 15.5. The zero-order valence-electron chi connectivity index (χ0n) is 14.7. The van der Waals surface area contributed by atoms with Gasteiger partial charge in [-0.15, -0.1) is 10.2 Å². The number of rotatable bonds is 4. The molecule has 0 radical (unpaired) electrons. The first kappa shape index (κ1) is 17.4. The summed E-state index contributed by atoms with van der Waals surface area (Å²) in [6, 6.07) is 13.4. The molecule has 6 nitrogen and oxygen atoms in total. The van der Waals surface area contributed by atoms with Gasteiger partial charge in [-0.05, 0) is 43.3 Å². The van der Waals surface area contributed by atoms with E-state index in [0.717, 1.165) is 5.56 Å². The number of hydrogen-bond acceptors (Lipinski definition) is 5. The van der Waals surface area contributed by atoms with Crippen LogP contribution in [0.4, 0.5) is 4.39 Å². The van der Waals surface area contributed by atoms with Crippen molar-refractivity contribution < 1.29 is 4.39 Å². The molecule has 27 heavy (non-hydrogen) atoms. The second-order valence-corrected chi connectivity index (χ2v) is 7.41. The van der Waals surface area contributed by atoms with Crippen molar-refractivity contribution in [1.82, 2.24) is 24.7 Å². The van der Waals surface area contributed by atoms with Crippen LogP contribution in [0, 0.1) is 5.82 Å². The van der Waals surface area contributed by atoms with Gasteiger partial charge in [-0.1, -0.05) is 23.9 Å². The predicted molar refractivity (Wildman–Crippen MR) is 103 cm³/mol. The van der Waals surface area contributed by atoms with Crippen LogP contribution in [0.25, 0.3) is 22.3 Å². The van der Waals surface area contributed by atoms with Crippen LogP contribution in [0.3, 0.4) is 0 Å². The highest BCUT2D eigenvalue weighted by Crippen LogP contribution is 2.33. The molecule has 4 aromatic rings. The van der Waals surface area contributed by atoms with Crippen molar-refractivity contribution in [2.24, 2.45) is 7.05 Å². The van der Waals surface area contributed by atoms with Crippen molar-refractivity contribution in [3.8, 4) is 11.4 Å². The zero-order chi connectivity index (χ0) is 19.0. The van der Waals surface area contributed by atoms with Gasteiger partial charge in [0.25, 0.3) is 5.56 Å². The van der Waals surface area contributed by atoms with E-state index in [-0.39, 0.29) is 16.6 Å². The summed E-state index contributed by atoms with van der Waals surface area (Å²) in [7, 11) is 1.85. The minimum absolute atomic E-state index is 0.133. The van der Waals surface area contributed by atoms with Gasteiger partial charge in [0.15, 0.2) is 11.0 Å². The van der Waals surface area contributed by atoms with Crippen LogP contribution in [0.5, 0.6) is 0 Å². The molecule has 0 amide bonds. The Morgan fingerprint density at radius 2 is 1.85 bits per heavy atom. The minimum atomic E-state index is -0.296. The van der Waals surface area contributed by atoms with E-state index in [1.807, 2.05) is 36.7 Å². The summed E-state index contributed by atoms with van der Waals surface area (Å²) in [6.45, 7) is 1.95. The first-order valence-corrected chi connectivity index (χ1v) is 9.22. The highest BCUT2D eigenvalue weighted by atomic mass is 32.2. The molecular formula is C19H16FN5OS. The van der Waals surface area contributed by atoms with Crippen molar-refractivity contribution >= 4 is 22.7 Å².